The molecule has 0 spiro atoms. The Balaban J connectivity index is 1.33. The van der Waals surface area contributed by atoms with Crippen molar-refractivity contribution in [3.63, 3.8) is 0 Å². The van der Waals surface area contributed by atoms with Crippen molar-refractivity contribution in [3.8, 4) is 22.5 Å². The van der Waals surface area contributed by atoms with Crippen molar-refractivity contribution in [3.05, 3.63) is 90.0 Å². The van der Waals surface area contributed by atoms with Gasteiger partial charge < -0.3 is 5.32 Å². The highest BCUT2D eigenvalue weighted by atomic mass is 16.1. The zero-order chi connectivity index (χ0) is 20.3. The lowest BCUT2D eigenvalue weighted by Gasteiger charge is -2.09. The van der Waals surface area contributed by atoms with Crippen molar-refractivity contribution in [1.82, 2.24) is 25.5 Å². The molecule has 1 aromatic heterocycles. The molecule has 1 N–H and O–H groups in total. The van der Waals surface area contributed by atoms with E-state index in [-0.39, 0.29) is 11.8 Å². The quantitative estimate of drug-likeness (QED) is 0.560. The molecule has 0 bridgehead atoms. The highest BCUT2D eigenvalue weighted by molar-refractivity contribution is 5.79. The highest BCUT2D eigenvalue weighted by Crippen LogP contribution is 2.26. The highest BCUT2D eigenvalue weighted by Gasteiger charge is 2.23. The maximum atomic E-state index is 11.5. The Bertz CT molecular complexity index is 1150. The van der Waals surface area contributed by atoms with Crippen molar-refractivity contribution in [2.75, 3.05) is 6.54 Å². The van der Waals surface area contributed by atoms with Gasteiger partial charge in [-0.3, -0.25) is 4.79 Å². The third-order valence-electron chi connectivity index (χ3n) is 5.54. The molecule has 2 heterocycles. The van der Waals surface area contributed by atoms with E-state index in [0.717, 1.165) is 22.5 Å². The van der Waals surface area contributed by atoms with Gasteiger partial charge in [-0.05, 0) is 32.7 Å². The molecule has 1 saturated heterocycles. The molecule has 1 unspecified atom stereocenters. The first kappa shape index (κ1) is 18.2. The molecule has 1 fully saturated rings. The number of aromatic nitrogens is 4. The fourth-order valence-electron chi connectivity index (χ4n) is 3.87. The molecule has 1 aliphatic heterocycles. The summed E-state index contributed by atoms with van der Waals surface area (Å²) in [5, 5.41) is 15.2. The van der Waals surface area contributed by atoms with Crippen molar-refractivity contribution >= 4 is 5.91 Å². The Morgan fingerprint density at radius 1 is 0.867 bits per heavy atom. The van der Waals surface area contributed by atoms with Crippen LogP contribution >= 0.6 is 0 Å². The Morgan fingerprint density at radius 2 is 1.57 bits per heavy atom. The molecule has 30 heavy (non-hydrogen) atoms. The minimum absolute atomic E-state index is 0.117. The summed E-state index contributed by atoms with van der Waals surface area (Å²) in [5.41, 5.74) is 5.64. The topological polar surface area (TPSA) is 72.7 Å². The molecule has 1 amide bonds. The molecule has 4 aromatic rings. The van der Waals surface area contributed by atoms with E-state index in [0.29, 0.717) is 19.5 Å². The molecule has 1 atom stereocenters. The minimum Gasteiger partial charge on any atom is -0.355 e. The standard InChI is InChI=1S/C24H21N5O/c30-23-14-22(15-25-23)20-10-12-21(13-11-20)24-26-27-28-29(24)16-17-6-8-19(9-7-17)18-4-2-1-3-5-18/h1-13,22H,14-16H2,(H,25,30). The third-order valence-corrected chi connectivity index (χ3v) is 5.54. The maximum Gasteiger partial charge on any atom is 0.220 e. The SMILES string of the molecule is O=C1CC(c2ccc(-c3nnnn3Cc3ccc(-c4ccccc4)cc3)cc2)CN1. The van der Waals surface area contributed by atoms with Gasteiger partial charge in [-0.2, -0.15) is 0 Å². The predicted octanol–water partition coefficient (Wildman–Crippen LogP) is 3.66. The van der Waals surface area contributed by atoms with Gasteiger partial charge in [-0.25, -0.2) is 4.68 Å². The molecule has 6 nitrogen and oxygen atoms in total. The number of nitrogens with one attached hydrogen (secondary N) is 1. The number of rotatable bonds is 5. The van der Waals surface area contributed by atoms with Gasteiger partial charge in [0, 0.05) is 24.4 Å². The lowest BCUT2D eigenvalue weighted by molar-refractivity contribution is -0.119. The Kier molecular flexibility index (Phi) is 4.81. The van der Waals surface area contributed by atoms with Gasteiger partial charge in [0.1, 0.15) is 0 Å². The first-order valence-corrected chi connectivity index (χ1v) is 10.0. The molecular formula is C24H21N5O. The average Bonchev–Trinajstić information content (AvgIpc) is 3.44. The molecule has 0 radical (unpaired) electrons. The fourth-order valence-corrected chi connectivity index (χ4v) is 3.87. The molecule has 1 aliphatic rings. The summed E-state index contributed by atoms with van der Waals surface area (Å²) in [5.74, 6) is 1.09. The summed E-state index contributed by atoms with van der Waals surface area (Å²) in [6.45, 7) is 1.30. The summed E-state index contributed by atoms with van der Waals surface area (Å²) in [6.07, 6.45) is 0.552. The van der Waals surface area contributed by atoms with E-state index >= 15 is 0 Å². The van der Waals surface area contributed by atoms with Crippen LogP contribution in [0.3, 0.4) is 0 Å². The molecule has 148 valence electrons. The van der Waals surface area contributed by atoms with Crippen LogP contribution in [-0.4, -0.2) is 32.7 Å². The van der Waals surface area contributed by atoms with Crippen LogP contribution in [0, 0.1) is 0 Å². The van der Waals surface area contributed by atoms with Crippen LogP contribution < -0.4 is 5.32 Å². The number of hydrogen-bond acceptors (Lipinski definition) is 4. The van der Waals surface area contributed by atoms with Crippen molar-refractivity contribution < 1.29 is 4.79 Å². The molecule has 5 rings (SSSR count). The van der Waals surface area contributed by atoms with E-state index in [4.69, 9.17) is 0 Å². The van der Waals surface area contributed by atoms with Crippen molar-refractivity contribution in [1.29, 1.82) is 0 Å². The van der Waals surface area contributed by atoms with Gasteiger partial charge in [0.05, 0.1) is 6.54 Å². The van der Waals surface area contributed by atoms with Crippen LogP contribution in [0.4, 0.5) is 0 Å². The number of hydrogen-bond donors (Lipinski definition) is 1. The Morgan fingerprint density at radius 3 is 2.27 bits per heavy atom. The van der Waals surface area contributed by atoms with E-state index in [2.05, 4.69) is 69.4 Å². The summed E-state index contributed by atoms with van der Waals surface area (Å²) in [7, 11) is 0. The predicted molar refractivity (Wildman–Crippen MR) is 115 cm³/mol. The van der Waals surface area contributed by atoms with E-state index in [1.807, 2.05) is 35.0 Å². The average molecular weight is 395 g/mol. The molecule has 6 heteroatoms. The van der Waals surface area contributed by atoms with Crippen LogP contribution in [-0.2, 0) is 11.3 Å². The van der Waals surface area contributed by atoms with Gasteiger partial charge in [0.15, 0.2) is 5.82 Å². The number of amides is 1. The van der Waals surface area contributed by atoms with Gasteiger partial charge >= 0.3 is 0 Å². The molecule has 0 aliphatic carbocycles. The summed E-state index contributed by atoms with van der Waals surface area (Å²) in [6, 6.07) is 27.0. The zero-order valence-electron chi connectivity index (χ0n) is 16.4. The van der Waals surface area contributed by atoms with Gasteiger partial charge in [0.25, 0.3) is 0 Å². The van der Waals surface area contributed by atoms with E-state index in [9.17, 15) is 4.79 Å². The summed E-state index contributed by atoms with van der Waals surface area (Å²) in [4.78, 5) is 11.5. The fraction of sp³-hybridized carbons (Fsp3) is 0.167. The number of nitrogens with zero attached hydrogens (tertiary/aromatic N) is 4. The number of carbonyl (C=O) groups is 1. The lowest BCUT2D eigenvalue weighted by Crippen LogP contribution is -2.13. The van der Waals surface area contributed by atoms with Crippen molar-refractivity contribution in [2.24, 2.45) is 0 Å². The van der Waals surface area contributed by atoms with E-state index in [1.54, 1.807) is 0 Å². The van der Waals surface area contributed by atoms with Crippen molar-refractivity contribution in [2.45, 2.75) is 18.9 Å². The third kappa shape index (κ3) is 3.72. The largest absolute Gasteiger partial charge is 0.355 e. The van der Waals surface area contributed by atoms with Gasteiger partial charge in [0.2, 0.25) is 5.91 Å². The normalized spacial score (nSPS) is 15.9. The van der Waals surface area contributed by atoms with E-state index in [1.165, 1.54) is 11.1 Å². The first-order valence-electron chi connectivity index (χ1n) is 10.0. The van der Waals surface area contributed by atoms with Gasteiger partial charge in [-0.1, -0.05) is 78.9 Å². The number of carbonyl (C=O) groups excluding carboxylic acids is 1. The first-order chi connectivity index (χ1) is 14.8. The minimum atomic E-state index is 0.117. The summed E-state index contributed by atoms with van der Waals surface area (Å²) < 4.78 is 1.81. The van der Waals surface area contributed by atoms with Crippen LogP contribution in [0.15, 0.2) is 78.9 Å². The second-order valence-corrected chi connectivity index (χ2v) is 7.55. The maximum absolute atomic E-state index is 11.5. The molecule has 0 saturated carbocycles. The second kappa shape index (κ2) is 7.91. The molecular weight excluding hydrogens is 374 g/mol. The number of tetrazole rings is 1. The molecule has 3 aromatic carbocycles. The smallest absolute Gasteiger partial charge is 0.220 e. The van der Waals surface area contributed by atoms with Gasteiger partial charge in [-0.15, -0.1) is 5.10 Å². The van der Waals surface area contributed by atoms with E-state index < -0.39 is 0 Å². The zero-order valence-corrected chi connectivity index (χ0v) is 16.4. The lowest BCUT2D eigenvalue weighted by atomic mass is 9.97. The van der Waals surface area contributed by atoms with Crippen LogP contribution in [0.2, 0.25) is 0 Å². The summed E-state index contributed by atoms with van der Waals surface area (Å²) >= 11 is 0. The van der Waals surface area contributed by atoms with Crippen LogP contribution in [0.1, 0.15) is 23.5 Å². The monoisotopic (exact) mass is 395 g/mol. The van der Waals surface area contributed by atoms with Crippen LogP contribution in [0.25, 0.3) is 22.5 Å². The Labute approximate surface area is 174 Å². The van der Waals surface area contributed by atoms with Crippen LogP contribution in [0.5, 0.6) is 0 Å². The Hall–Kier alpha value is -3.80. The second-order valence-electron chi connectivity index (χ2n) is 7.55. The number of benzene rings is 3.